The monoisotopic (exact) mass is 275 g/mol. The maximum atomic E-state index is 12.4. The molecule has 2 saturated heterocycles. The van der Waals surface area contributed by atoms with E-state index >= 15 is 0 Å². The molecule has 2 amide bonds. The van der Waals surface area contributed by atoms with Gasteiger partial charge in [-0.1, -0.05) is 0 Å². The molecule has 5 nitrogen and oxygen atoms in total. The van der Waals surface area contributed by atoms with Crippen LogP contribution in [-0.2, 0) is 9.59 Å². The van der Waals surface area contributed by atoms with E-state index in [4.69, 9.17) is 0 Å². The van der Waals surface area contributed by atoms with E-state index in [1.807, 2.05) is 4.90 Å². The third kappa shape index (κ3) is 2.95. The van der Waals surface area contributed by atoms with Crippen molar-refractivity contribution in [2.75, 3.05) is 26.2 Å². The van der Waals surface area contributed by atoms with Crippen LogP contribution >= 0.6 is 12.4 Å². The first kappa shape index (κ1) is 15.2. The van der Waals surface area contributed by atoms with Gasteiger partial charge in [0.2, 0.25) is 11.8 Å². The fraction of sp³-hybridized carbons (Fsp3) is 0.833. The minimum absolute atomic E-state index is 0. The predicted molar refractivity (Wildman–Crippen MR) is 71.7 cm³/mol. The Labute approximate surface area is 114 Å². The van der Waals surface area contributed by atoms with Crippen LogP contribution in [0.15, 0.2) is 0 Å². The van der Waals surface area contributed by atoms with Gasteiger partial charge in [-0.2, -0.15) is 0 Å². The van der Waals surface area contributed by atoms with Crippen LogP contribution in [0.5, 0.6) is 0 Å². The van der Waals surface area contributed by atoms with Gasteiger partial charge in [0.15, 0.2) is 0 Å². The number of carbonyl (C=O) groups excluding carboxylic acids is 2. The maximum Gasteiger partial charge on any atom is 0.245 e. The van der Waals surface area contributed by atoms with Crippen LogP contribution in [0, 0.1) is 0 Å². The van der Waals surface area contributed by atoms with Crippen molar-refractivity contribution in [3.63, 3.8) is 0 Å². The summed E-state index contributed by atoms with van der Waals surface area (Å²) in [6.07, 6.45) is 1.76. The average molecular weight is 276 g/mol. The minimum Gasteiger partial charge on any atom is -0.336 e. The van der Waals surface area contributed by atoms with E-state index in [0.29, 0.717) is 0 Å². The van der Waals surface area contributed by atoms with Gasteiger partial charge in [-0.3, -0.25) is 9.59 Å². The fourth-order valence-corrected chi connectivity index (χ4v) is 2.76. The minimum atomic E-state index is -0.215. The lowest BCUT2D eigenvalue weighted by Crippen LogP contribution is -2.57. The van der Waals surface area contributed by atoms with Crippen LogP contribution in [0.3, 0.4) is 0 Å². The Morgan fingerprint density at radius 3 is 2.56 bits per heavy atom. The zero-order valence-electron chi connectivity index (χ0n) is 11.0. The van der Waals surface area contributed by atoms with Crippen molar-refractivity contribution in [1.82, 2.24) is 15.1 Å². The number of piperazine rings is 1. The highest BCUT2D eigenvalue weighted by Crippen LogP contribution is 2.20. The molecule has 0 aromatic rings. The molecular weight excluding hydrogens is 254 g/mol. The molecule has 0 aliphatic carbocycles. The first-order valence-corrected chi connectivity index (χ1v) is 6.39. The number of nitrogens with one attached hydrogen (secondary N) is 1. The summed E-state index contributed by atoms with van der Waals surface area (Å²) in [6, 6.07) is 0.0127. The lowest BCUT2D eigenvalue weighted by molar-refractivity contribution is -0.144. The van der Waals surface area contributed by atoms with Gasteiger partial charge in [-0.25, -0.2) is 0 Å². The van der Waals surface area contributed by atoms with Gasteiger partial charge in [0.1, 0.15) is 6.04 Å². The van der Waals surface area contributed by atoms with Crippen LogP contribution in [-0.4, -0.2) is 59.9 Å². The van der Waals surface area contributed by atoms with Gasteiger partial charge < -0.3 is 15.1 Å². The number of hydrogen-bond acceptors (Lipinski definition) is 3. The van der Waals surface area contributed by atoms with Gasteiger partial charge >= 0.3 is 0 Å². The highest BCUT2D eigenvalue weighted by atomic mass is 35.5. The molecule has 2 atom stereocenters. The van der Waals surface area contributed by atoms with Crippen LogP contribution in [0.2, 0.25) is 0 Å². The average Bonchev–Trinajstić information content (AvgIpc) is 2.77. The molecule has 0 bridgehead atoms. The Balaban J connectivity index is 0.00000162. The van der Waals surface area contributed by atoms with Crippen molar-refractivity contribution >= 4 is 24.2 Å². The summed E-state index contributed by atoms with van der Waals surface area (Å²) in [5.74, 6) is 0.148. The summed E-state index contributed by atoms with van der Waals surface area (Å²) < 4.78 is 0. The van der Waals surface area contributed by atoms with E-state index in [2.05, 4.69) is 12.2 Å². The number of amides is 2. The number of halogens is 1. The number of likely N-dealkylation sites (tertiary alicyclic amines) is 1. The van der Waals surface area contributed by atoms with Crippen molar-refractivity contribution in [3.8, 4) is 0 Å². The Morgan fingerprint density at radius 2 is 1.94 bits per heavy atom. The summed E-state index contributed by atoms with van der Waals surface area (Å²) in [4.78, 5) is 27.5. The summed E-state index contributed by atoms with van der Waals surface area (Å²) in [5, 5.41) is 3.27. The van der Waals surface area contributed by atoms with Crippen LogP contribution in [0.1, 0.15) is 26.7 Å². The molecule has 2 unspecified atom stereocenters. The molecule has 2 aliphatic heterocycles. The molecule has 1 N–H and O–H groups in total. The third-order valence-corrected chi connectivity index (χ3v) is 3.73. The molecule has 2 rings (SSSR count). The summed E-state index contributed by atoms with van der Waals surface area (Å²) >= 11 is 0. The SMILES string of the molecule is CC(=O)N1CCCC1C(=O)N1CCNCC1C.Cl. The molecule has 2 aliphatic rings. The molecule has 0 radical (unpaired) electrons. The van der Waals surface area contributed by atoms with E-state index in [1.54, 1.807) is 11.8 Å². The standard InChI is InChI=1S/C12H21N3O2.ClH/c1-9-8-13-5-7-14(9)12(17)11-4-3-6-15(11)10(2)16;/h9,11,13H,3-8H2,1-2H3;1H. The Morgan fingerprint density at radius 1 is 1.22 bits per heavy atom. The van der Waals surface area contributed by atoms with Crippen LogP contribution in [0.4, 0.5) is 0 Å². The molecule has 0 aromatic carbocycles. The van der Waals surface area contributed by atoms with Gasteiger partial charge in [0, 0.05) is 39.1 Å². The summed E-state index contributed by atoms with van der Waals surface area (Å²) in [5.41, 5.74) is 0. The second kappa shape index (κ2) is 6.38. The normalized spacial score (nSPS) is 27.9. The molecular formula is C12H22ClN3O2. The van der Waals surface area contributed by atoms with Crippen molar-refractivity contribution in [2.24, 2.45) is 0 Å². The van der Waals surface area contributed by atoms with E-state index in [1.165, 1.54) is 0 Å². The van der Waals surface area contributed by atoms with Gasteiger partial charge in [0.25, 0.3) is 0 Å². The van der Waals surface area contributed by atoms with Crippen LogP contribution in [0.25, 0.3) is 0 Å². The molecule has 0 spiro atoms. The van der Waals surface area contributed by atoms with Gasteiger partial charge in [-0.05, 0) is 19.8 Å². The summed E-state index contributed by atoms with van der Waals surface area (Å²) in [6.45, 7) is 6.78. The van der Waals surface area contributed by atoms with E-state index < -0.39 is 0 Å². The fourth-order valence-electron chi connectivity index (χ4n) is 2.76. The highest BCUT2D eigenvalue weighted by Gasteiger charge is 2.36. The highest BCUT2D eigenvalue weighted by molar-refractivity contribution is 5.87. The lowest BCUT2D eigenvalue weighted by atomic mass is 10.1. The molecule has 2 fully saturated rings. The summed E-state index contributed by atoms with van der Waals surface area (Å²) in [7, 11) is 0. The molecule has 104 valence electrons. The zero-order valence-corrected chi connectivity index (χ0v) is 11.8. The largest absolute Gasteiger partial charge is 0.336 e. The molecule has 0 saturated carbocycles. The first-order chi connectivity index (χ1) is 8.11. The second-order valence-corrected chi connectivity index (χ2v) is 4.96. The number of carbonyl (C=O) groups is 2. The zero-order chi connectivity index (χ0) is 12.4. The third-order valence-electron chi connectivity index (χ3n) is 3.73. The van der Waals surface area contributed by atoms with Crippen LogP contribution < -0.4 is 5.32 Å². The number of hydrogen-bond donors (Lipinski definition) is 1. The Kier molecular flexibility index (Phi) is 5.41. The topological polar surface area (TPSA) is 52.7 Å². The van der Waals surface area contributed by atoms with Crippen molar-refractivity contribution in [1.29, 1.82) is 0 Å². The van der Waals surface area contributed by atoms with Crippen molar-refractivity contribution in [3.05, 3.63) is 0 Å². The second-order valence-electron chi connectivity index (χ2n) is 4.96. The van der Waals surface area contributed by atoms with E-state index in [-0.39, 0.29) is 36.3 Å². The van der Waals surface area contributed by atoms with E-state index in [9.17, 15) is 9.59 Å². The Bertz CT molecular complexity index is 324. The molecule has 18 heavy (non-hydrogen) atoms. The van der Waals surface area contributed by atoms with Gasteiger partial charge in [0.05, 0.1) is 0 Å². The van der Waals surface area contributed by atoms with Crippen molar-refractivity contribution in [2.45, 2.75) is 38.8 Å². The number of nitrogens with zero attached hydrogens (tertiary/aromatic N) is 2. The maximum absolute atomic E-state index is 12.4. The Hall–Kier alpha value is -0.810. The lowest BCUT2D eigenvalue weighted by Gasteiger charge is -2.37. The molecule has 2 heterocycles. The quantitative estimate of drug-likeness (QED) is 0.746. The van der Waals surface area contributed by atoms with Gasteiger partial charge in [-0.15, -0.1) is 12.4 Å². The molecule has 6 heteroatoms. The van der Waals surface area contributed by atoms with Crippen molar-refractivity contribution < 1.29 is 9.59 Å². The smallest absolute Gasteiger partial charge is 0.245 e. The predicted octanol–water partition coefficient (Wildman–Crippen LogP) is 0.239. The number of rotatable bonds is 1. The van der Waals surface area contributed by atoms with E-state index in [0.717, 1.165) is 39.0 Å². The molecule has 0 aromatic heterocycles. The first-order valence-electron chi connectivity index (χ1n) is 6.39.